The standard InChI is InChI=1S/C12H17N3O3/c13-12(18)15-6-5-14-8-10-3-1-9(2-4-10)7-11(16)17/h1-4,14H,5-8H2,(H,16,17)(H3,13,15,18). The van der Waals surface area contributed by atoms with Gasteiger partial charge in [-0.15, -0.1) is 0 Å². The Morgan fingerprint density at radius 2 is 1.72 bits per heavy atom. The lowest BCUT2D eigenvalue weighted by molar-refractivity contribution is -0.136. The van der Waals surface area contributed by atoms with Gasteiger partial charge in [0.1, 0.15) is 0 Å². The lowest BCUT2D eigenvalue weighted by Gasteiger charge is -2.06. The van der Waals surface area contributed by atoms with Crippen molar-refractivity contribution in [2.75, 3.05) is 13.1 Å². The van der Waals surface area contributed by atoms with E-state index in [1.54, 1.807) is 12.1 Å². The molecule has 0 fully saturated rings. The predicted molar refractivity (Wildman–Crippen MR) is 67.1 cm³/mol. The van der Waals surface area contributed by atoms with Crippen molar-refractivity contribution >= 4 is 12.0 Å². The summed E-state index contributed by atoms with van der Waals surface area (Å²) in [6.07, 6.45) is 0.0379. The van der Waals surface area contributed by atoms with E-state index < -0.39 is 12.0 Å². The molecule has 0 atom stereocenters. The van der Waals surface area contributed by atoms with E-state index in [9.17, 15) is 9.59 Å². The molecule has 0 aliphatic carbocycles. The molecule has 1 aromatic carbocycles. The summed E-state index contributed by atoms with van der Waals surface area (Å²) < 4.78 is 0. The topological polar surface area (TPSA) is 104 Å². The van der Waals surface area contributed by atoms with Gasteiger partial charge in [0.25, 0.3) is 0 Å². The molecule has 5 N–H and O–H groups in total. The molecule has 0 radical (unpaired) electrons. The van der Waals surface area contributed by atoms with E-state index in [0.717, 1.165) is 11.1 Å². The Balaban J connectivity index is 2.26. The Bertz CT molecular complexity index is 404. The molecule has 0 bridgehead atoms. The van der Waals surface area contributed by atoms with Crippen molar-refractivity contribution in [1.82, 2.24) is 10.6 Å². The van der Waals surface area contributed by atoms with Gasteiger partial charge < -0.3 is 21.5 Å². The van der Waals surface area contributed by atoms with Crippen LogP contribution in [0.3, 0.4) is 0 Å². The maximum absolute atomic E-state index is 10.5. The Kier molecular flexibility index (Phi) is 5.66. The van der Waals surface area contributed by atoms with Gasteiger partial charge in [-0.2, -0.15) is 0 Å². The van der Waals surface area contributed by atoms with E-state index in [-0.39, 0.29) is 6.42 Å². The van der Waals surface area contributed by atoms with E-state index in [1.165, 1.54) is 0 Å². The van der Waals surface area contributed by atoms with Crippen LogP contribution in [0.4, 0.5) is 4.79 Å². The minimum absolute atomic E-state index is 0.0379. The first-order valence-corrected chi connectivity index (χ1v) is 5.61. The molecule has 98 valence electrons. The van der Waals surface area contributed by atoms with E-state index in [4.69, 9.17) is 10.8 Å². The Morgan fingerprint density at radius 1 is 1.11 bits per heavy atom. The number of hydrogen-bond donors (Lipinski definition) is 4. The maximum atomic E-state index is 10.5. The third-order valence-electron chi connectivity index (χ3n) is 2.31. The smallest absolute Gasteiger partial charge is 0.312 e. The highest BCUT2D eigenvalue weighted by atomic mass is 16.4. The number of nitrogens with one attached hydrogen (secondary N) is 2. The zero-order valence-electron chi connectivity index (χ0n) is 9.98. The summed E-state index contributed by atoms with van der Waals surface area (Å²) in [6.45, 7) is 1.76. The number of urea groups is 1. The Hall–Kier alpha value is -2.08. The van der Waals surface area contributed by atoms with Crippen molar-refractivity contribution in [3.8, 4) is 0 Å². The van der Waals surface area contributed by atoms with E-state index in [0.29, 0.717) is 19.6 Å². The monoisotopic (exact) mass is 251 g/mol. The average molecular weight is 251 g/mol. The molecule has 0 saturated carbocycles. The SMILES string of the molecule is NC(=O)NCCNCc1ccc(CC(=O)O)cc1. The van der Waals surface area contributed by atoms with E-state index in [2.05, 4.69) is 10.6 Å². The van der Waals surface area contributed by atoms with Crippen LogP contribution in [0.1, 0.15) is 11.1 Å². The molecule has 0 heterocycles. The number of rotatable bonds is 7. The van der Waals surface area contributed by atoms with Crippen LogP contribution < -0.4 is 16.4 Å². The quantitative estimate of drug-likeness (QED) is 0.515. The highest BCUT2D eigenvalue weighted by molar-refractivity contribution is 5.71. The first kappa shape index (κ1) is 14.0. The number of carbonyl (C=O) groups is 2. The van der Waals surface area contributed by atoms with Crippen LogP contribution in [0.2, 0.25) is 0 Å². The summed E-state index contributed by atoms with van der Waals surface area (Å²) in [7, 11) is 0. The summed E-state index contributed by atoms with van der Waals surface area (Å²) >= 11 is 0. The van der Waals surface area contributed by atoms with Gasteiger partial charge in [0.05, 0.1) is 6.42 Å². The molecule has 0 saturated heterocycles. The zero-order chi connectivity index (χ0) is 13.4. The third kappa shape index (κ3) is 5.86. The number of amides is 2. The fourth-order valence-corrected chi connectivity index (χ4v) is 1.46. The molecule has 18 heavy (non-hydrogen) atoms. The van der Waals surface area contributed by atoms with Gasteiger partial charge in [0, 0.05) is 19.6 Å². The minimum Gasteiger partial charge on any atom is -0.481 e. The molecule has 0 aliphatic heterocycles. The molecule has 1 aromatic rings. The van der Waals surface area contributed by atoms with E-state index in [1.807, 2.05) is 12.1 Å². The summed E-state index contributed by atoms with van der Waals surface area (Å²) in [6, 6.07) is 6.83. The predicted octanol–water partition coefficient (Wildman–Crippen LogP) is 0.0716. The summed E-state index contributed by atoms with van der Waals surface area (Å²) in [5.41, 5.74) is 6.75. The third-order valence-corrected chi connectivity index (χ3v) is 2.31. The summed E-state index contributed by atoms with van der Waals surface area (Å²) in [5, 5.41) is 14.2. The second-order valence-corrected chi connectivity index (χ2v) is 3.85. The fraction of sp³-hybridized carbons (Fsp3) is 0.333. The number of aliphatic carboxylic acids is 1. The molecule has 0 aliphatic rings. The molecule has 2 amide bonds. The normalized spacial score (nSPS) is 10.0. The molecule has 0 spiro atoms. The first-order chi connectivity index (χ1) is 8.58. The first-order valence-electron chi connectivity index (χ1n) is 5.61. The number of carboxylic acid groups (broad SMARTS) is 1. The molecule has 6 heteroatoms. The van der Waals surface area contributed by atoms with Gasteiger partial charge in [-0.3, -0.25) is 4.79 Å². The van der Waals surface area contributed by atoms with Crippen LogP contribution in [0.15, 0.2) is 24.3 Å². The molecule has 6 nitrogen and oxygen atoms in total. The number of hydrogen-bond acceptors (Lipinski definition) is 3. The molecule has 0 unspecified atom stereocenters. The van der Waals surface area contributed by atoms with E-state index >= 15 is 0 Å². The van der Waals surface area contributed by atoms with Gasteiger partial charge in [0.2, 0.25) is 0 Å². The van der Waals surface area contributed by atoms with Crippen LogP contribution in [-0.4, -0.2) is 30.2 Å². The van der Waals surface area contributed by atoms with Gasteiger partial charge in [-0.25, -0.2) is 4.79 Å². The number of primary amides is 1. The number of carboxylic acids is 1. The van der Waals surface area contributed by atoms with Crippen molar-refractivity contribution in [3.63, 3.8) is 0 Å². The largest absolute Gasteiger partial charge is 0.481 e. The van der Waals surface area contributed by atoms with Crippen molar-refractivity contribution in [2.24, 2.45) is 5.73 Å². The van der Waals surface area contributed by atoms with Crippen LogP contribution in [-0.2, 0) is 17.8 Å². The average Bonchev–Trinajstić information content (AvgIpc) is 2.30. The Morgan fingerprint density at radius 3 is 2.28 bits per heavy atom. The highest BCUT2D eigenvalue weighted by Gasteiger charge is 2.00. The minimum atomic E-state index is -0.835. The lowest BCUT2D eigenvalue weighted by Crippen LogP contribution is -2.35. The van der Waals surface area contributed by atoms with Crippen LogP contribution in [0.25, 0.3) is 0 Å². The Labute approximate surface area is 105 Å². The van der Waals surface area contributed by atoms with Crippen molar-refractivity contribution in [1.29, 1.82) is 0 Å². The van der Waals surface area contributed by atoms with Crippen molar-refractivity contribution < 1.29 is 14.7 Å². The van der Waals surface area contributed by atoms with Crippen LogP contribution in [0.5, 0.6) is 0 Å². The van der Waals surface area contributed by atoms with Crippen LogP contribution >= 0.6 is 0 Å². The van der Waals surface area contributed by atoms with Crippen molar-refractivity contribution in [3.05, 3.63) is 35.4 Å². The molecule has 1 rings (SSSR count). The second-order valence-electron chi connectivity index (χ2n) is 3.85. The zero-order valence-corrected chi connectivity index (χ0v) is 9.98. The van der Waals surface area contributed by atoms with Gasteiger partial charge in [0.15, 0.2) is 0 Å². The molecular weight excluding hydrogens is 234 g/mol. The number of carbonyl (C=O) groups excluding carboxylic acids is 1. The number of nitrogens with two attached hydrogens (primary N) is 1. The van der Waals surface area contributed by atoms with Gasteiger partial charge in [-0.1, -0.05) is 24.3 Å². The maximum Gasteiger partial charge on any atom is 0.312 e. The summed E-state index contributed by atoms with van der Waals surface area (Å²) in [5.74, 6) is -0.835. The van der Waals surface area contributed by atoms with Gasteiger partial charge in [-0.05, 0) is 11.1 Å². The summed E-state index contributed by atoms with van der Waals surface area (Å²) in [4.78, 5) is 20.9. The second kappa shape index (κ2) is 7.29. The van der Waals surface area contributed by atoms with Gasteiger partial charge >= 0.3 is 12.0 Å². The van der Waals surface area contributed by atoms with Crippen LogP contribution in [0, 0.1) is 0 Å². The molecule has 0 aromatic heterocycles. The number of benzene rings is 1. The fourth-order valence-electron chi connectivity index (χ4n) is 1.46. The lowest BCUT2D eigenvalue weighted by atomic mass is 10.1. The van der Waals surface area contributed by atoms with Crippen molar-refractivity contribution in [2.45, 2.75) is 13.0 Å². The highest BCUT2D eigenvalue weighted by Crippen LogP contribution is 2.04. The molecular formula is C12H17N3O3.